The number of esters is 1. The lowest BCUT2D eigenvalue weighted by Crippen LogP contribution is -2.41. The second-order valence-corrected chi connectivity index (χ2v) is 11.9. The quantitative estimate of drug-likeness (QED) is 0.236. The van der Waals surface area contributed by atoms with Gasteiger partial charge in [0, 0.05) is 6.16 Å². The van der Waals surface area contributed by atoms with Gasteiger partial charge in [-0.2, -0.15) is 0 Å². The molecule has 0 fully saturated rings. The van der Waals surface area contributed by atoms with Gasteiger partial charge in [-0.3, -0.25) is 28.6 Å². The fraction of sp³-hybridized carbons (Fsp3) is 0.407. The summed E-state index contributed by atoms with van der Waals surface area (Å²) in [7, 11) is -3.49. The summed E-state index contributed by atoms with van der Waals surface area (Å²) in [6.07, 6.45) is 0.0109. The third-order valence-corrected chi connectivity index (χ3v) is 8.24. The number of ether oxygens (including phenoxy) is 1. The highest BCUT2D eigenvalue weighted by molar-refractivity contribution is 7.59. The summed E-state index contributed by atoms with van der Waals surface area (Å²) < 4.78 is 24.7. The third-order valence-electron chi connectivity index (χ3n) is 5.87. The van der Waals surface area contributed by atoms with Crippen molar-refractivity contribution in [2.75, 3.05) is 25.6 Å². The first-order valence-electron chi connectivity index (χ1n) is 12.3. The van der Waals surface area contributed by atoms with E-state index in [4.69, 9.17) is 9.26 Å². The molecule has 2 aromatic rings. The SMILES string of the molecule is CCOP(=O)(CNC(=O)CN1C(=O)c2ccccc2C1=O)C[C@@H](CC(C)C)C(=O)OCc1ccccc1. The summed E-state index contributed by atoms with van der Waals surface area (Å²) in [5.41, 5.74) is 1.32. The standard InChI is InChI=1S/C27H33N2O7P/c1-4-36-37(34,17-21(14-19(2)3)27(33)35-16-20-10-6-5-7-11-20)18-28-24(30)15-29-25(31)22-12-8-9-13-23(22)26(29)32/h5-13,19,21H,4,14-18H2,1-3H3,(H,28,30)/t21-,37?/m1/s1. The van der Waals surface area contributed by atoms with Gasteiger partial charge in [-0.05, 0) is 37.0 Å². The van der Waals surface area contributed by atoms with Gasteiger partial charge in [-0.15, -0.1) is 0 Å². The number of nitrogens with one attached hydrogen (secondary N) is 1. The summed E-state index contributed by atoms with van der Waals surface area (Å²) >= 11 is 0. The molecular weight excluding hydrogens is 495 g/mol. The number of imide groups is 1. The van der Waals surface area contributed by atoms with Crippen molar-refractivity contribution >= 4 is 31.1 Å². The zero-order valence-corrected chi connectivity index (χ0v) is 22.2. The Kier molecular flexibility index (Phi) is 9.78. The first kappa shape index (κ1) is 28.3. The summed E-state index contributed by atoms with van der Waals surface area (Å²) in [4.78, 5) is 51.4. The van der Waals surface area contributed by atoms with Crippen molar-refractivity contribution in [2.45, 2.75) is 33.8 Å². The Morgan fingerprint density at radius 1 is 0.973 bits per heavy atom. The molecule has 3 rings (SSSR count). The lowest BCUT2D eigenvalue weighted by atomic mass is 9.99. The largest absolute Gasteiger partial charge is 0.461 e. The molecule has 1 N–H and O–H groups in total. The molecule has 1 aliphatic heterocycles. The molecule has 0 saturated heterocycles. The Hall–Kier alpha value is -3.29. The Morgan fingerprint density at radius 3 is 2.14 bits per heavy atom. The van der Waals surface area contributed by atoms with Crippen molar-refractivity contribution in [2.24, 2.45) is 11.8 Å². The Balaban J connectivity index is 1.62. The average molecular weight is 529 g/mol. The average Bonchev–Trinajstić information content (AvgIpc) is 3.11. The number of benzene rings is 2. The summed E-state index contributed by atoms with van der Waals surface area (Å²) in [6.45, 7) is 5.30. The molecule has 1 aliphatic rings. The van der Waals surface area contributed by atoms with Gasteiger partial charge in [0.1, 0.15) is 13.2 Å². The van der Waals surface area contributed by atoms with Crippen LogP contribution in [0.2, 0.25) is 0 Å². The highest BCUT2D eigenvalue weighted by atomic mass is 31.2. The molecule has 0 saturated carbocycles. The highest BCUT2D eigenvalue weighted by Gasteiger charge is 2.37. The van der Waals surface area contributed by atoms with E-state index < -0.39 is 43.5 Å². The predicted molar refractivity (Wildman–Crippen MR) is 138 cm³/mol. The molecule has 2 aromatic carbocycles. The van der Waals surface area contributed by atoms with E-state index in [9.17, 15) is 23.7 Å². The van der Waals surface area contributed by atoms with E-state index in [1.54, 1.807) is 19.1 Å². The number of nitrogens with zero attached hydrogens (tertiary/aromatic N) is 1. The zero-order chi connectivity index (χ0) is 27.0. The van der Waals surface area contributed by atoms with Gasteiger partial charge < -0.3 is 14.6 Å². The zero-order valence-electron chi connectivity index (χ0n) is 21.3. The van der Waals surface area contributed by atoms with Crippen molar-refractivity contribution in [1.29, 1.82) is 0 Å². The maximum atomic E-state index is 13.6. The van der Waals surface area contributed by atoms with Crippen LogP contribution in [0.25, 0.3) is 0 Å². The smallest absolute Gasteiger partial charge is 0.309 e. The van der Waals surface area contributed by atoms with Crippen molar-refractivity contribution in [3.05, 3.63) is 71.3 Å². The van der Waals surface area contributed by atoms with Gasteiger partial charge in [0.25, 0.3) is 11.8 Å². The molecule has 0 spiro atoms. The van der Waals surface area contributed by atoms with Crippen LogP contribution >= 0.6 is 7.37 Å². The van der Waals surface area contributed by atoms with Crippen LogP contribution in [0.5, 0.6) is 0 Å². The molecule has 198 valence electrons. The van der Waals surface area contributed by atoms with Crippen LogP contribution in [0, 0.1) is 11.8 Å². The maximum absolute atomic E-state index is 13.6. The molecule has 2 atom stereocenters. The van der Waals surface area contributed by atoms with Crippen LogP contribution in [0.15, 0.2) is 54.6 Å². The summed E-state index contributed by atoms with van der Waals surface area (Å²) in [5.74, 6) is -2.79. The Labute approximate surface area is 217 Å². The lowest BCUT2D eigenvalue weighted by Gasteiger charge is -2.24. The molecule has 0 radical (unpaired) electrons. The Bertz CT molecular complexity index is 1150. The summed E-state index contributed by atoms with van der Waals surface area (Å²) in [5, 5.41) is 2.53. The molecule has 3 amide bonds. The van der Waals surface area contributed by atoms with Gasteiger partial charge >= 0.3 is 5.97 Å². The van der Waals surface area contributed by atoms with Crippen molar-refractivity contribution in [3.63, 3.8) is 0 Å². The van der Waals surface area contributed by atoms with Crippen LogP contribution in [0.3, 0.4) is 0 Å². The molecule has 0 bridgehead atoms. The van der Waals surface area contributed by atoms with E-state index in [-0.39, 0.29) is 42.7 Å². The van der Waals surface area contributed by atoms with Gasteiger partial charge in [-0.1, -0.05) is 56.3 Å². The number of hydrogen-bond acceptors (Lipinski definition) is 7. The molecule has 10 heteroatoms. The summed E-state index contributed by atoms with van der Waals surface area (Å²) in [6, 6.07) is 15.6. The fourth-order valence-corrected chi connectivity index (χ4v) is 6.37. The third kappa shape index (κ3) is 7.60. The number of fused-ring (bicyclic) bond motifs is 1. The number of hydrogen-bond donors (Lipinski definition) is 1. The van der Waals surface area contributed by atoms with Crippen LogP contribution in [-0.4, -0.2) is 54.2 Å². The van der Waals surface area contributed by atoms with Gasteiger partial charge in [0.05, 0.1) is 29.9 Å². The molecule has 9 nitrogen and oxygen atoms in total. The van der Waals surface area contributed by atoms with E-state index in [1.165, 1.54) is 12.1 Å². The van der Waals surface area contributed by atoms with Crippen molar-refractivity contribution in [3.8, 4) is 0 Å². The normalized spacial score (nSPS) is 15.3. The van der Waals surface area contributed by atoms with E-state index in [0.717, 1.165) is 10.5 Å². The second kappa shape index (κ2) is 12.8. The van der Waals surface area contributed by atoms with Gasteiger partial charge in [0.2, 0.25) is 13.3 Å². The minimum absolute atomic E-state index is 0.0973. The Morgan fingerprint density at radius 2 is 1.57 bits per heavy atom. The molecule has 0 aromatic heterocycles. The topological polar surface area (TPSA) is 119 Å². The van der Waals surface area contributed by atoms with Crippen molar-refractivity contribution in [1.82, 2.24) is 10.2 Å². The number of carbonyl (C=O) groups is 4. The van der Waals surface area contributed by atoms with Crippen LogP contribution in [-0.2, 0) is 30.0 Å². The predicted octanol–water partition coefficient (Wildman–Crippen LogP) is 4.08. The van der Waals surface area contributed by atoms with Crippen molar-refractivity contribution < 1.29 is 33.0 Å². The van der Waals surface area contributed by atoms with Crippen LogP contribution < -0.4 is 5.32 Å². The fourth-order valence-electron chi connectivity index (χ4n) is 4.19. The molecule has 1 unspecified atom stereocenters. The van der Waals surface area contributed by atoms with E-state index in [0.29, 0.717) is 6.42 Å². The monoisotopic (exact) mass is 528 g/mol. The second-order valence-electron chi connectivity index (χ2n) is 9.33. The van der Waals surface area contributed by atoms with Crippen LogP contribution in [0.1, 0.15) is 53.5 Å². The molecule has 37 heavy (non-hydrogen) atoms. The minimum atomic E-state index is -3.49. The first-order chi connectivity index (χ1) is 17.6. The number of amides is 3. The first-order valence-corrected chi connectivity index (χ1v) is 14.3. The maximum Gasteiger partial charge on any atom is 0.309 e. The van der Waals surface area contributed by atoms with E-state index in [2.05, 4.69) is 5.32 Å². The molecule has 0 aliphatic carbocycles. The highest BCUT2D eigenvalue weighted by Crippen LogP contribution is 2.48. The molecular formula is C27H33N2O7P. The number of rotatable bonds is 13. The minimum Gasteiger partial charge on any atom is -0.461 e. The van der Waals surface area contributed by atoms with Gasteiger partial charge in [0.15, 0.2) is 0 Å². The van der Waals surface area contributed by atoms with Gasteiger partial charge in [-0.25, -0.2) is 0 Å². The van der Waals surface area contributed by atoms with Crippen LogP contribution in [0.4, 0.5) is 0 Å². The lowest BCUT2D eigenvalue weighted by molar-refractivity contribution is -0.149. The van der Waals surface area contributed by atoms with E-state index in [1.807, 2.05) is 44.2 Å². The van der Waals surface area contributed by atoms with E-state index >= 15 is 0 Å². The number of carbonyl (C=O) groups excluding carboxylic acids is 4. The molecule has 1 heterocycles.